The Bertz CT molecular complexity index is 1660. The molecule has 0 unspecified atom stereocenters. The third kappa shape index (κ3) is 3.51. The first-order valence-corrected chi connectivity index (χ1v) is 11.7. The maximum Gasteiger partial charge on any atom is 0.261 e. The number of anilines is 3. The van der Waals surface area contributed by atoms with Gasteiger partial charge in [-0.15, -0.1) is 0 Å². The minimum Gasteiger partial charge on any atom is -0.384 e. The van der Waals surface area contributed by atoms with Crippen molar-refractivity contribution >= 4 is 39.1 Å². The van der Waals surface area contributed by atoms with Gasteiger partial charge in [0.15, 0.2) is 0 Å². The van der Waals surface area contributed by atoms with Crippen LogP contribution in [0, 0.1) is 13.8 Å². The molecule has 0 fully saturated rings. The molecule has 176 valence electrons. The highest BCUT2D eigenvalue weighted by Gasteiger charge is 2.18. The highest BCUT2D eigenvalue weighted by molar-refractivity contribution is 5.91. The number of pyridine rings is 2. The first kappa shape index (κ1) is 21.3. The van der Waals surface area contributed by atoms with Crippen molar-refractivity contribution in [2.75, 3.05) is 17.7 Å². The van der Waals surface area contributed by atoms with Gasteiger partial charge in [0.25, 0.3) is 5.56 Å². The largest absolute Gasteiger partial charge is 0.384 e. The molecule has 0 aliphatic carbocycles. The molecular formula is C26H26N8O. The molecule has 1 aliphatic heterocycles. The highest BCUT2D eigenvalue weighted by Crippen LogP contribution is 2.33. The summed E-state index contributed by atoms with van der Waals surface area (Å²) in [5, 5.41) is 6.38. The van der Waals surface area contributed by atoms with E-state index in [2.05, 4.69) is 9.97 Å². The normalized spacial score (nSPS) is 13.0. The van der Waals surface area contributed by atoms with E-state index in [1.165, 1.54) is 0 Å². The van der Waals surface area contributed by atoms with Crippen LogP contribution in [-0.4, -0.2) is 36.3 Å². The molecule has 9 heteroatoms. The van der Waals surface area contributed by atoms with Crippen molar-refractivity contribution in [2.45, 2.75) is 39.8 Å². The summed E-state index contributed by atoms with van der Waals surface area (Å²) in [6.07, 6.45) is 5.61. The van der Waals surface area contributed by atoms with Gasteiger partial charge in [-0.3, -0.25) is 14.0 Å². The molecule has 6 rings (SSSR count). The van der Waals surface area contributed by atoms with E-state index in [1.54, 1.807) is 10.8 Å². The Balaban J connectivity index is 1.38. The number of hydrogen-bond donors (Lipinski definition) is 1. The van der Waals surface area contributed by atoms with Crippen molar-refractivity contribution < 1.29 is 0 Å². The lowest BCUT2D eigenvalue weighted by Crippen LogP contribution is -2.21. The zero-order valence-corrected chi connectivity index (χ0v) is 20.0. The SMILES string of the molecule is Cc1cc(N)nc(C)c1N(C)c1nccc2nn(Cc3ccc4nc5n(c(=O)c4c3)CCC5)cc12. The van der Waals surface area contributed by atoms with E-state index in [1.807, 2.05) is 67.0 Å². The van der Waals surface area contributed by atoms with Gasteiger partial charge in [0, 0.05) is 32.4 Å². The standard InChI is InChI=1S/C26H26N8O/c1-15-11-22(27)29-16(2)24(15)32(3)25-19-14-33(31-21(19)8-9-28-25)13-17-6-7-20-18(12-17)26(35)34-10-4-5-23(34)30-20/h6-9,11-12,14H,4-5,10,13H2,1-3H3,(H2,27,29). The number of aromatic nitrogens is 6. The highest BCUT2D eigenvalue weighted by atomic mass is 16.1. The third-order valence-corrected chi connectivity index (χ3v) is 6.72. The molecule has 2 N–H and O–H groups in total. The van der Waals surface area contributed by atoms with Crippen molar-refractivity contribution in [1.29, 1.82) is 0 Å². The van der Waals surface area contributed by atoms with Crippen LogP contribution in [0.25, 0.3) is 21.8 Å². The number of nitrogen functional groups attached to an aromatic ring is 1. The number of benzene rings is 1. The summed E-state index contributed by atoms with van der Waals surface area (Å²) >= 11 is 0. The van der Waals surface area contributed by atoms with E-state index in [0.717, 1.165) is 70.0 Å². The summed E-state index contributed by atoms with van der Waals surface area (Å²) in [6.45, 7) is 5.26. The topological polar surface area (TPSA) is 108 Å². The molecule has 0 amide bonds. The van der Waals surface area contributed by atoms with Crippen LogP contribution in [0.1, 0.15) is 29.1 Å². The Kier molecular flexibility index (Phi) is 4.80. The van der Waals surface area contributed by atoms with Crippen LogP contribution in [0.3, 0.4) is 0 Å². The molecule has 0 radical (unpaired) electrons. The second-order valence-electron chi connectivity index (χ2n) is 9.19. The number of hydrogen-bond acceptors (Lipinski definition) is 7. The van der Waals surface area contributed by atoms with Crippen molar-refractivity contribution in [3.05, 3.63) is 75.7 Å². The number of nitrogens with zero attached hydrogens (tertiary/aromatic N) is 7. The molecule has 1 aromatic carbocycles. The fourth-order valence-electron chi connectivity index (χ4n) is 5.21. The predicted molar refractivity (Wildman–Crippen MR) is 137 cm³/mol. The molecule has 0 atom stereocenters. The Morgan fingerprint density at radius 3 is 2.77 bits per heavy atom. The lowest BCUT2D eigenvalue weighted by atomic mass is 10.1. The van der Waals surface area contributed by atoms with Gasteiger partial charge in [-0.05, 0) is 55.7 Å². The summed E-state index contributed by atoms with van der Waals surface area (Å²) < 4.78 is 3.70. The van der Waals surface area contributed by atoms with Crippen molar-refractivity contribution in [3.8, 4) is 0 Å². The van der Waals surface area contributed by atoms with Gasteiger partial charge in [-0.1, -0.05) is 6.07 Å². The van der Waals surface area contributed by atoms with Crippen molar-refractivity contribution in [2.24, 2.45) is 0 Å². The average molecular weight is 467 g/mol. The molecule has 0 saturated carbocycles. The summed E-state index contributed by atoms with van der Waals surface area (Å²) in [7, 11) is 1.98. The van der Waals surface area contributed by atoms with E-state index in [0.29, 0.717) is 17.7 Å². The van der Waals surface area contributed by atoms with Crippen LogP contribution >= 0.6 is 0 Å². The summed E-state index contributed by atoms with van der Waals surface area (Å²) in [4.78, 5) is 28.8. The van der Waals surface area contributed by atoms with E-state index in [4.69, 9.17) is 15.8 Å². The van der Waals surface area contributed by atoms with E-state index >= 15 is 0 Å². The molecule has 9 nitrogen and oxygen atoms in total. The molecule has 35 heavy (non-hydrogen) atoms. The Hall–Kier alpha value is -4.27. The zero-order chi connectivity index (χ0) is 24.3. The van der Waals surface area contributed by atoms with Gasteiger partial charge >= 0.3 is 0 Å². The van der Waals surface area contributed by atoms with Crippen LogP contribution in [0.2, 0.25) is 0 Å². The molecule has 5 heterocycles. The Morgan fingerprint density at radius 2 is 1.94 bits per heavy atom. The lowest BCUT2D eigenvalue weighted by molar-refractivity contribution is 0.695. The zero-order valence-electron chi connectivity index (χ0n) is 20.0. The maximum atomic E-state index is 13.0. The Morgan fingerprint density at radius 1 is 1.09 bits per heavy atom. The molecule has 0 bridgehead atoms. The quantitative estimate of drug-likeness (QED) is 0.432. The molecule has 0 saturated heterocycles. The fourth-order valence-corrected chi connectivity index (χ4v) is 5.21. The van der Waals surface area contributed by atoms with Gasteiger partial charge in [-0.2, -0.15) is 5.10 Å². The van der Waals surface area contributed by atoms with Gasteiger partial charge < -0.3 is 10.6 Å². The van der Waals surface area contributed by atoms with Crippen LogP contribution in [0.15, 0.2) is 47.5 Å². The van der Waals surface area contributed by atoms with Crippen LogP contribution in [0.5, 0.6) is 0 Å². The fraction of sp³-hybridized carbons (Fsp3) is 0.269. The number of aryl methyl sites for hydroxylation is 3. The maximum absolute atomic E-state index is 13.0. The minimum absolute atomic E-state index is 0.0472. The van der Waals surface area contributed by atoms with Gasteiger partial charge in [0.2, 0.25) is 0 Å². The molecule has 5 aromatic rings. The van der Waals surface area contributed by atoms with Gasteiger partial charge in [0.05, 0.1) is 39.7 Å². The first-order chi connectivity index (χ1) is 16.9. The monoisotopic (exact) mass is 466 g/mol. The summed E-state index contributed by atoms with van der Waals surface area (Å²) in [6, 6.07) is 9.68. The number of fused-ring (bicyclic) bond motifs is 3. The predicted octanol–water partition coefficient (Wildman–Crippen LogP) is 3.50. The van der Waals surface area contributed by atoms with Crippen LogP contribution < -0.4 is 16.2 Å². The van der Waals surface area contributed by atoms with Crippen molar-refractivity contribution in [3.63, 3.8) is 0 Å². The molecule has 4 aromatic heterocycles. The second-order valence-corrected chi connectivity index (χ2v) is 9.19. The average Bonchev–Trinajstić information content (AvgIpc) is 3.45. The lowest BCUT2D eigenvalue weighted by Gasteiger charge is -2.22. The Labute approximate surface area is 201 Å². The van der Waals surface area contributed by atoms with Crippen molar-refractivity contribution in [1.82, 2.24) is 29.3 Å². The first-order valence-electron chi connectivity index (χ1n) is 11.7. The van der Waals surface area contributed by atoms with E-state index < -0.39 is 0 Å². The molecular weight excluding hydrogens is 440 g/mol. The summed E-state index contributed by atoms with van der Waals surface area (Å²) in [5.74, 6) is 2.19. The van der Waals surface area contributed by atoms with Gasteiger partial charge in [-0.25, -0.2) is 15.0 Å². The van der Waals surface area contributed by atoms with Crippen LogP contribution in [-0.2, 0) is 19.5 Å². The molecule has 0 spiro atoms. The van der Waals surface area contributed by atoms with Crippen LogP contribution in [0.4, 0.5) is 17.3 Å². The van der Waals surface area contributed by atoms with Gasteiger partial charge in [0.1, 0.15) is 17.5 Å². The minimum atomic E-state index is 0.0472. The second kappa shape index (κ2) is 7.90. The number of rotatable bonds is 4. The smallest absolute Gasteiger partial charge is 0.261 e. The van der Waals surface area contributed by atoms with E-state index in [-0.39, 0.29) is 5.56 Å². The summed E-state index contributed by atoms with van der Waals surface area (Å²) in [5.41, 5.74) is 11.4. The third-order valence-electron chi connectivity index (χ3n) is 6.72. The molecule has 1 aliphatic rings. The number of nitrogens with two attached hydrogens (primary N) is 1. The van der Waals surface area contributed by atoms with E-state index in [9.17, 15) is 4.79 Å².